The molecule has 0 atom stereocenters. The maximum atomic E-state index is 6.55. The van der Waals surface area contributed by atoms with Gasteiger partial charge in [-0.1, -0.05) is 80.3 Å². The molecule has 0 amide bonds. The zero-order valence-corrected chi connectivity index (χ0v) is 20.1. The topological polar surface area (TPSA) is 18.5 Å². The van der Waals surface area contributed by atoms with Gasteiger partial charge in [0.25, 0.3) is 0 Å². The largest absolute Gasteiger partial charge is 0.490 e. The van der Waals surface area contributed by atoms with Crippen LogP contribution in [0.25, 0.3) is 5.57 Å². The van der Waals surface area contributed by atoms with Gasteiger partial charge in [0.15, 0.2) is 0 Å². The minimum Gasteiger partial charge on any atom is -0.400 e. The van der Waals surface area contributed by atoms with Crippen LogP contribution in [0.1, 0.15) is 38.8 Å². The molecule has 1 fully saturated rings. The van der Waals surface area contributed by atoms with Gasteiger partial charge in [0.2, 0.25) is 0 Å². The fraction of sp³-hybridized carbons (Fsp3) is 0.440. The van der Waals surface area contributed by atoms with Crippen LogP contribution < -0.4 is 0 Å². The van der Waals surface area contributed by atoms with Crippen LogP contribution in [0.3, 0.4) is 0 Å². The predicted octanol–water partition coefficient (Wildman–Crippen LogP) is 6.65. The molecule has 3 rings (SSSR count). The van der Waals surface area contributed by atoms with Gasteiger partial charge in [0.1, 0.15) is 0 Å². The highest BCUT2D eigenvalue weighted by molar-refractivity contribution is 6.78. The summed E-state index contributed by atoms with van der Waals surface area (Å²) in [6, 6.07) is 22.5. The van der Waals surface area contributed by atoms with E-state index in [1.54, 1.807) is 0 Å². The molecule has 0 unspecified atom stereocenters. The highest BCUT2D eigenvalue weighted by atomic mass is 28.3. The van der Waals surface area contributed by atoms with Crippen LogP contribution in [0.5, 0.6) is 0 Å². The lowest BCUT2D eigenvalue weighted by Crippen LogP contribution is -2.41. The second-order valence-corrected chi connectivity index (χ2v) is 15.8. The Bertz CT molecular complexity index is 835. The zero-order chi connectivity index (χ0) is 21.3. The highest BCUT2D eigenvalue weighted by Gasteiger charge is 2.53. The Morgan fingerprint density at radius 1 is 0.793 bits per heavy atom. The summed E-state index contributed by atoms with van der Waals surface area (Å²) in [5, 5.41) is 0. The van der Waals surface area contributed by atoms with E-state index in [1.165, 1.54) is 22.2 Å². The van der Waals surface area contributed by atoms with E-state index < -0.39 is 8.07 Å². The minimum atomic E-state index is -1.41. The molecule has 0 spiro atoms. The third kappa shape index (κ3) is 5.30. The molecule has 1 aliphatic rings. The average molecular weight is 406 g/mol. The Hall–Kier alpha value is -1.62. The molecule has 0 aromatic heterocycles. The third-order valence-corrected chi connectivity index (χ3v) is 7.43. The van der Waals surface area contributed by atoms with Crippen molar-refractivity contribution < 1.29 is 9.31 Å². The van der Waals surface area contributed by atoms with Crippen molar-refractivity contribution >= 4 is 20.8 Å². The molecule has 4 heteroatoms. The Morgan fingerprint density at radius 3 is 1.76 bits per heavy atom. The first-order valence-corrected chi connectivity index (χ1v) is 14.4. The second-order valence-electron chi connectivity index (χ2n) is 10.4. The van der Waals surface area contributed by atoms with Crippen molar-refractivity contribution in [3.05, 3.63) is 77.3 Å². The summed E-state index contributed by atoms with van der Waals surface area (Å²) in [5.74, 6) is 0. The molecule has 0 aliphatic carbocycles. The van der Waals surface area contributed by atoms with Crippen molar-refractivity contribution in [1.29, 1.82) is 0 Å². The summed E-state index contributed by atoms with van der Waals surface area (Å²) in [4.78, 5) is 0. The summed E-state index contributed by atoms with van der Waals surface area (Å²) in [6.07, 6.45) is 0.884. The van der Waals surface area contributed by atoms with Crippen molar-refractivity contribution in [1.82, 2.24) is 0 Å². The molecule has 0 bridgehead atoms. The van der Waals surface area contributed by atoms with Crippen LogP contribution in [0, 0.1) is 0 Å². The molecule has 0 saturated carbocycles. The maximum Gasteiger partial charge on any atom is 0.490 e. The molecule has 29 heavy (non-hydrogen) atoms. The molecule has 1 saturated heterocycles. The van der Waals surface area contributed by atoms with Gasteiger partial charge in [0.05, 0.1) is 11.2 Å². The summed E-state index contributed by atoms with van der Waals surface area (Å²) >= 11 is 0. The fourth-order valence-corrected chi connectivity index (χ4v) is 5.25. The Labute approximate surface area is 178 Å². The smallest absolute Gasteiger partial charge is 0.400 e. The third-order valence-electron chi connectivity index (χ3n) is 5.99. The molecule has 2 nitrogen and oxygen atoms in total. The summed E-state index contributed by atoms with van der Waals surface area (Å²) in [5.41, 5.74) is 4.57. The number of benzene rings is 2. The van der Waals surface area contributed by atoms with Crippen LogP contribution in [-0.4, -0.2) is 26.4 Å². The summed E-state index contributed by atoms with van der Waals surface area (Å²) in [6.45, 7) is 15.8. The van der Waals surface area contributed by atoms with E-state index in [-0.39, 0.29) is 18.3 Å². The van der Waals surface area contributed by atoms with E-state index in [4.69, 9.17) is 9.31 Å². The van der Waals surface area contributed by atoms with Gasteiger partial charge in [-0.3, -0.25) is 0 Å². The van der Waals surface area contributed by atoms with Gasteiger partial charge >= 0.3 is 7.12 Å². The van der Waals surface area contributed by atoms with Crippen LogP contribution in [0.2, 0.25) is 25.7 Å². The first kappa shape index (κ1) is 22.1. The van der Waals surface area contributed by atoms with Gasteiger partial charge in [0, 0.05) is 8.07 Å². The molecule has 1 aliphatic heterocycles. The van der Waals surface area contributed by atoms with Crippen LogP contribution in [-0.2, 0) is 15.7 Å². The molecular weight excluding hydrogens is 371 g/mol. The van der Waals surface area contributed by atoms with Crippen LogP contribution >= 0.6 is 0 Å². The Balaban J connectivity index is 2.14. The fourth-order valence-electron chi connectivity index (χ4n) is 3.73. The zero-order valence-electron chi connectivity index (χ0n) is 19.1. The maximum absolute atomic E-state index is 6.55. The number of hydrogen-bond acceptors (Lipinski definition) is 2. The first-order chi connectivity index (χ1) is 13.5. The Kier molecular flexibility index (Phi) is 6.28. The normalized spacial score (nSPS) is 19.2. The molecule has 0 radical (unpaired) electrons. The standard InChI is InChI=1S/C25H35BO2Si/c1-24(2)25(3,4)28-26(27-24)23(19-29(5,6)7)22(21-16-12-9-13-17-21)18-20-14-10-8-11-15-20/h8-17H,18-19H2,1-7H3/b23-22-. The molecule has 2 aromatic carbocycles. The monoisotopic (exact) mass is 406 g/mol. The van der Waals surface area contributed by atoms with Crippen molar-refractivity contribution in [2.24, 2.45) is 0 Å². The molecular formula is C25H35BO2Si. The number of rotatable bonds is 6. The lowest BCUT2D eigenvalue weighted by atomic mass is 9.73. The van der Waals surface area contributed by atoms with Crippen molar-refractivity contribution in [3.8, 4) is 0 Å². The molecule has 154 valence electrons. The summed E-state index contributed by atoms with van der Waals surface area (Å²) < 4.78 is 13.1. The molecule has 2 aromatic rings. The van der Waals surface area contributed by atoms with Gasteiger partial charge in [-0.2, -0.15) is 0 Å². The van der Waals surface area contributed by atoms with Gasteiger partial charge in [-0.15, -0.1) is 0 Å². The van der Waals surface area contributed by atoms with E-state index in [0.717, 1.165) is 12.5 Å². The molecule has 1 heterocycles. The van der Waals surface area contributed by atoms with Crippen molar-refractivity contribution in [2.75, 3.05) is 0 Å². The SMILES string of the molecule is CC1(C)OB(/C(C[Si](C)(C)C)=C(/Cc2ccccc2)c2ccccc2)OC1(C)C. The van der Waals surface area contributed by atoms with Crippen molar-refractivity contribution in [2.45, 2.75) is 71.0 Å². The number of allylic oxidation sites excluding steroid dienone is 2. The van der Waals surface area contributed by atoms with Crippen molar-refractivity contribution in [3.63, 3.8) is 0 Å². The van der Waals surface area contributed by atoms with Gasteiger partial charge in [-0.25, -0.2) is 0 Å². The van der Waals surface area contributed by atoms with Gasteiger partial charge < -0.3 is 9.31 Å². The Morgan fingerprint density at radius 2 is 1.28 bits per heavy atom. The van der Waals surface area contributed by atoms with Gasteiger partial charge in [-0.05, 0) is 62.3 Å². The highest BCUT2D eigenvalue weighted by Crippen LogP contribution is 2.42. The second kappa shape index (κ2) is 8.25. The van der Waals surface area contributed by atoms with Crippen LogP contribution in [0.4, 0.5) is 0 Å². The molecule has 0 N–H and O–H groups in total. The first-order valence-electron chi connectivity index (χ1n) is 10.7. The van der Waals surface area contributed by atoms with E-state index in [1.807, 2.05) is 0 Å². The van der Waals surface area contributed by atoms with E-state index in [9.17, 15) is 0 Å². The minimum absolute atomic E-state index is 0.300. The van der Waals surface area contributed by atoms with E-state index in [2.05, 4.69) is 108 Å². The lowest BCUT2D eigenvalue weighted by molar-refractivity contribution is 0.00578. The van der Waals surface area contributed by atoms with E-state index >= 15 is 0 Å². The van der Waals surface area contributed by atoms with Crippen LogP contribution in [0.15, 0.2) is 66.1 Å². The quantitative estimate of drug-likeness (QED) is 0.500. The van der Waals surface area contributed by atoms with E-state index in [0.29, 0.717) is 0 Å². The average Bonchev–Trinajstić information content (AvgIpc) is 2.86. The summed E-state index contributed by atoms with van der Waals surface area (Å²) in [7, 11) is -1.71. The number of hydrogen-bond donors (Lipinski definition) is 0. The predicted molar refractivity (Wildman–Crippen MR) is 128 cm³/mol. The lowest BCUT2D eigenvalue weighted by Gasteiger charge is -2.32.